The van der Waals surface area contributed by atoms with Crippen molar-refractivity contribution >= 4 is 44.9 Å². The number of alkyl halides is 4. The quantitative estimate of drug-likeness (QED) is 0.213. The number of rotatable bonds is 6. The van der Waals surface area contributed by atoms with E-state index < -0.39 is 123 Å². The van der Waals surface area contributed by atoms with Gasteiger partial charge in [0.05, 0.1) is 39.9 Å². The number of aromatic nitrogens is 2. The molecule has 0 radical (unpaired) electrons. The lowest BCUT2D eigenvalue weighted by molar-refractivity contribution is -0.143. The first-order valence-corrected chi connectivity index (χ1v) is 21.9. The summed E-state index contributed by atoms with van der Waals surface area (Å²) in [5, 5.41) is 14.5. The molecule has 4 aliphatic carbocycles. The molecule has 9 unspecified atom stereocenters. The summed E-state index contributed by atoms with van der Waals surface area (Å²) in [6.07, 6.45) is -3.86. The van der Waals surface area contributed by atoms with Crippen LogP contribution in [0.1, 0.15) is 83.9 Å². The Labute approximate surface area is 354 Å². The molecule has 3 heterocycles. The molecule has 2 aliphatic heterocycles. The first-order valence-electron chi connectivity index (χ1n) is 20.5. The van der Waals surface area contributed by atoms with Crippen molar-refractivity contribution in [2.24, 2.45) is 29.1 Å². The van der Waals surface area contributed by atoms with Crippen LogP contribution in [0, 0.1) is 52.3 Å². The SMILES string of the molecule is CC(C)(C)C1NC(=O)OC2CC3C#CC3C2CCC=CC(F)(F)c2nc3ccc(C#N)cc3nc2OC2CC(C(=O)NC3(C(=O)NS(=O)(=O)C4(C)CC4)CC3C(F)F)N(C2)C1=O. The maximum atomic E-state index is 16.3. The van der Waals surface area contributed by atoms with Crippen molar-refractivity contribution in [3.63, 3.8) is 0 Å². The topological polar surface area (TPSA) is 210 Å². The minimum atomic E-state index is -4.33. The van der Waals surface area contributed by atoms with Gasteiger partial charge in [-0.3, -0.25) is 19.1 Å². The van der Waals surface area contributed by atoms with Gasteiger partial charge in [-0.1, -0.05) is 38.7 Å². The second-order valence-corrected chi connectivity index (χ2v) is 20.7. The number of halogens is 4. The molecule has 4 fully saturated rings. The number of benzene rings is 1. The lowest BCUT2D eigenvalue weighted by Crippen LogP contribution is -2.60. The van der Waals surface area contributed by atoms with Crippen molar-refractivity contribution in [3.05, 3.63) is 41.6 Å². The minimum Gasteiger partial charge on any atom is -0.471 e. The first-order chi connectivity index (χ1) is 29.1. The van der Waals surface area contributed by atoms with E-state index in [0.717, 1.165) is 4.90 Å². The average molecular weight is 884 g/mol. The molecule has 20 heteroatoms. The highest BCUT2D eigenvalue weighted by molar-refractivity contribution is 7.91. The smallest absolute Gasteiger partial charge is 0.408 e. The number of nitrogens with one attached hydrogen (secondary N) is 3. The van der Waals surface area contributed by atoms with Crippen LogP contribution in [0.3, 0.4) is 0 Å². The van der Waals surface area contributed by atoms with Crippen LogP contribution in [0.2, 0.25) is 0 Å². The Hall–Kier alpha value is -5.50. The van der Waals surface area contributed by atoms with Gasteiger partial charge in [0.2, 0.25) is 34.1 Å². The largest absolute Gasteiger partial charge is 0.471 e. The maximum Gasteiger partial charge on any atom is 0.408 e. The van der Waals surface area contributed by atoms with Gasteiger partial charge in [-0.15, -0.1) is 0 Å². The molecule has 15 nitrogen and oxygen atoms in total. The molecule has 9 atom stereocenters. The van der Waals surface area contributed by atoms with Gasteiger partial charge in [0.25, 0.3) is 5.91 Å². The monoisotopic (exact) mass is 883 g/mol. The molecule has 1 aromatic carbocycles. The molecule has 62 heavy (non-hydrogen) atoms. The Kier molecular flexibility index (Phi) is 10.5. The number of hydrogen-bond acceptors (Lipinski definition) is 11. The van der Waals surface area contributed by atoms with E-state index in [1.807, 2.05) is 10.8 Å². The van der Waals surface area contributed by atoms with E-state index in [1.165, 1.54) is 31.2 Å². The summed E-state index contributed by atoms with van der Waals surface area (Å²) in [5.41, 5.74) is -4.13. The van der Waals surface area contributed by atoms with Gasteiger partial charge in [-0.25, -0.2) is 32.0 Å². The van der Waals surface area contributed by atoms with Crippen molar-refractivity contribution in [3.8, 4) is 23.8 Å². The van der Waals surface area contributed by atoms with E-state index in [2.05, 4.69) is 32.4 Å². The zero-order valence-corrected chi connectivity index (χ0v) is 35.0. The van der Waals surface area contributed by atoms with Crippen molar-refractivity contribution in [1.29, 1.82) is 5.26 Å². The summed E-state index contributed by atoms with van der Waals surface area (Å²) in [6, 6.07) is 2.99. The highest BCUT2D eigenvalue weighted by atomic mass is 32.2. The van der Waals surface area contributed by atoms with Crippen LogP contribution in [-0.2, 0) is 35.1 Å². The summed E-state index contributed by atoms with van der Waals surface area (Å²) < 4.78 is 99.9. The van der Waals surface area contributed by atoms with Crippen molar-refractivity contribution < 1.29 is 54.6 Å². The summed E-state index contributed by atoms with van der Waals surface area (Å²) >= 11 is 0. The molecule has 3 N–H and O–H groups in total. The number of amides is 4. The molecule has 1 aromatic heterocycles. The number of alkyl carbamates (subject to hydrolysis) is 1. The molecular formula is C42H45F4N7O8S. The highest BCUT2D eigenvalue weighted by Gasteiger charge is 2.67. The fourth-order valence-electron chi connectivity index (χ4n) is 8.85. The first kappa shape index (κ1) is 43.2. The maximum absolute atomic E-state index is 16.3. The van der Waals surface area contributed by atoms with E-state index in [9.17, 15) is 41.6 Å². The Bertz CT molecular complexity index is 2490. The third kappa shape index (κ3) is 7.79. The zero-order chi connectivity index (χ0) is 44.7. The lowest BCUT2D eigenvalue weighted by Gasteiger charge is -2.35. The minimum absolute atomic E-state index is 0.0191. The fraction of sp³-hybridized carbons (Fsp3) is 0.595. The van der Waals surface area contributed by atoms with Gasteiger partial charge in [0.1, 0.15) is 29.8 Å². The van der Waals surface area contributed by atoms with Crippen molar-refractivity contribution in [2.45, 2.75) is 120 Å². The Morgan fingerprint density at radius 1 is 1.10 bits per heavy atom. The second-order valence-electron chi connectivity index (χ2n) is 18.5. The van der Waals surface area contributed by atoms with E-state index in [-0.39, 0.29) is 53.6 Å². The average Bonchev–Trinajstić information content (AvgIpc) is 4.06. The standard InChI is InChI=1S/C42H45F4N7O8S/c1-39(2,3)32-36(55)53-20-23(17-29(53)34(54)51-41(18-26(41)33(43)44)37(56)52-62(58,59)40(4)13-14-40)60-35-31(48-27-11-8-21(19-47)15-28(27)49-35)42(45,46)12-6-5-7-25-24-10-9-22(24)16-30(25)61-38(57)50-32/h6,8,11-12,15,22-26,29-30,32-33H,5,7,13-14,16-18,20H2,1-4H3,(H,50,57)(H,51,54)(H,52,56). The number of carbonyl (C=O) groups is 4. The molecule has 330 valence electrons. The Morgan fingerprint density at radius 3 is 2.47 bits per heavy atom. The molecule has 6 aliphatic rings. The van der Waals surface area contributed by atoms with Crippen molar-refractivity contribution in [1.82, 2.24) is 30.2 Å². The molecule has 4 amide bonds. The van der Waals surface area contributed by atoms with Crippen LogP contribution in [-0.4, -0.2) is 94.6 Å². The second kappa shape index (κ2) is 15.1. The number of allylic oxidation sites excluding steroid dienone is 2. The van der Waals surface area contributed by atoms with Gasteiger partial charge in [0, 0.05) is 24.2 Å². The third-order valence-electron chi connectivity index (χ3n) is 13.0. The van der Waals surface area contributed by atoms with E-state index in [0.29, 0.717) is 18.9 Å². The molecule has 8 rings (SSSR count). The number of sulfonamides is 1. The zero-order valence-electron chi connectivity index (χ0n) is 34.2. The van der Waals surface area contributed by atoms with Gasteiger partial charge < -0.3 is 25.0 Å². The number of ether oxygens (including phenoxy) is 2. The van der Waals surface area contributed by atoms with Crippen LogP contribution in [0.4, 0.5) is 22.4 Å². The number of nitriles is 1. The van der Waals surface area contributed by atoms with Crippen LogP contribution in [0.25, 0.3) is 11.0 Å². The number of fused-ring (bicyclic) bond motifs is 7. The molecule has 3 saturated carbocycles. The summed E-state index contributed by atoms with van der Waals surface area (Å²) in [5.74, 6) is -3.95. The van der Waals surface area contributed by atoms with Crippen LogP contribution in [0.5, 0.6) is 5.88 Å². The summed E-state index contributed by atoms with van der Waals surface area (Å²) in [4.78, 5) is 66.0. The lowest BCUT2D eigenvalue weighted by atomic mass is 9.81. The van der Waals surface area contributed by atoms with Crippen LogP contribution in [0.15, 0.2) is 30.4 Å². The van der Waals surface area contributed by atoms with E-state index in [4.69, 9.17) is 9.47 Å². The van der Waals surface area contributed by atoms with Crippen molar-refractivity contribution in [2.75, 3.05) is 6.54 Å². The van der Waals surface area contributed by atoms with Crippen LogP contribution >= 0.6 is 0 Å². The molecule has 2 bridgehead atoms. The van der Waals surface area contributed by atoms with Gasteiger partial charge in [-0.05, 0) is 75.1 Å². The third-order valence-corrected chi connectivity index (χ3v) is 15.2. The van der Waals surface area contributed by atoms with Gasteiger partial charge in [0.15, 0.2) is 5.69 Å². The highest BCUT2D eigenvalue weighted by Crippen LogP contribution is 2.50. The molecule has 2 aromatic rings. The van der Waals surface area contributed by atoms with E-state index in [1.54, 1.807) is 20.8 Å². The van der Waals surface area contributed by atoms with E-state index >= 15 is 8.78 Å². The van der Waals surface area contributed by atoms with Gasteiger partial charge in [-0.2, -0.15) is 14.0 Å². The predicted octanol–water partition coefficient (Wildman–Crippen LogP) is 4.21. The summed E-state index contributed by atoms with van der Waals surface area (Å²) in [7, 11) is -4.33. The van der Waals surface area contributed by atoms with Crippen LogP contribution < -0.4 is 20.1 Å². The fourth-order valence-corrected chi connectivity index (χ4v) is 10.2. The Morgan fingerprint density at radius 2 is 1.84 bits per heavy atom. The molecular weight excluding hydrogens is 839 g/mol. The normalized spacial score (nSPS) is 32.1. The van der Waals surface area contributed by atoms with Gasteiger partial charge >= 0.3 is 12.0 Å². The number of hydrogen-bond donors (Lipinski definition) is 3. The number of carbonyl (C=O) groups excluding carboxylic acids is 4. The summed E-state index contributed by atoms with van der Waals surface area (Å²) in [6.45, 7) is 5.83. The predicted molar refractivity (Wildman–Crippen MR) is 210 cm³/mol. The Balaban J connectivity index is 1.18. The molecule has 0 spiro atoms. The number of nitrogens with zero attached hydrogens (tertiary/aromatic N) is 4. The molecule has 1 saturated heterocycles.